The summed E-state index contributed by atoms with van der Waals surface area (Å²) < 4.78 is 6.09. The number of anilines is 1. The van der Waals surface area contributed by atoms with E-state index >= 15 is 0 Å². The van der Waals surface area contributed by atoms with Crippen molar-refractivity contribution in [3.8, 4) is 6.07 Å². The van der Waals surface area contributed by atoms with Gasteiger partial charge in [0.2, 0.25) is 11.8 Å². The van der Waals surface area contributed by atoms with Crippen LogP contribution in [0.5, 0.6) is 0 Å². The summed E-state index contributed by atoms with van der Waals surface area (Å²) in [6, 6.07) is 8.97. The molecule has 4 aliphatic rings. The summed E-state index contributed by atoms with van der Waals surface area (Å²) in [4.78, 5) is 12.5. The van der Waals surface area contributed by atoms with Crippen LogP contribution in [0.4, 0.5) is 5.69 Å². The van der Waals surface area contributed by atoms with Gasteiger partial charge < -0.3 is 9.73 Å². The van der Waals surface area contributed by atoms with Crippen LogP contribution in [-0.4, -0.2) is 21.4 Å². The number of hydrogen-bond acceptors (Lipinski definition) is 6. The topological polar surface area (TPSA) is 91.8 Å². The summed E-state index contributed by atoms with van der Waals surface area (Å²) in [6.45, 7) is 1.82. The summed E-state index contributed by atoms with van der Waals surface area (Å²) in [5.74, 6) is 3.09. The van der Waals surface area contributed by atoms with Crippen molar-refractivity contribution in [1.29, 1.82) is 5.26 Å². The molecule has 150 valence electrons. The summed E-state index contributed by atoms with van der Waals surface area (Å²) in [7, 11) is 0. The molecule has 6 nitrogen and oxygen atoms in total. The number of carbonyl (C=O) groups is 1. The molecular weight excluding hydrogens is 384 g/mol. The molecule has 6 rings (SSSR count). The van der Waals surface area contributed by atoms with Crippen molar-refractivity contribution in [2.24, 2.45) is 17.8 Å². The van der Waals surface area contributed by atoms with Crippen LogP contribution in [0.1, 0.15) is 56.9 Å². The van der Waals surface area contributed by atoms with E-state index in [1.807, 2.05) is 6.92 Å². The first-order valence-corrected chi connectivity index (χ1v) is 11.2. The van der Waals surface area contributed by atoms with Crippen molar-refractivity contribution in [2.45, 2.75) is 61.3 Å². The first kappa shape index (κ1) is 18.7. The van der Waals surface area contributed by atoms with Crippen molar-refractivity contribution in [3.63, 3.8) is 0 Å². The van der Waals surface area contributed by atoms with Gasteiger partial charge in [0.15, 0.2) is 0 Å². The second-order valence-corrected chi connectivity index (χ2v) is 10.3. The molecule has 4 bridgehead atoms. The van der Waals surface area contributed by atoms with E-state index in [0.29, 0.717) is 16.5 Å². The maximum absolute atomic E-state index is 12.5. The number of amides is 1. The number of nitrogens with zero attached hydrogens (tertiary/aromatic N) is 3. The molecule has 4 saturated carbocycles. The van der Waals surface area contributed by atoms with Gasteiger partial charge in [0.1, 0.15) is 0 Å². The first-order valence-electron chi connectivity index (χ1n) is 10.3. The van der Waals surface area contributed by atoms with E-state index in [2.05, 4.69) is 21.6 Å². The number of benzene rings is 1. The summed E-state index contributed by atoms with van der Waals surface area (Å²) in [5, 5.41) is 20.6. The van der Waals surface area contributed by atoms with E-state index in [0.717, 1.165) is 23.6 Å². The third-order valence-electron chi connectivity index (χ3n) is 6.80. The fourth-order valence-electron chi connectivity index (χ4n) is 5.96. The molecule has 0 saturated heterocycles. The first-order chi connectivity index (χ1) is 14.0. The lowest BCUT2D eigenvalue weighted by atomic mass is 9.49. The zero-order chi connectivity index (χ0) is 20.0. The molecule has 1 heterocycles. The van der Waals surface area contributed by atoms with Gasteiger partial charge in [-0.3, -0.25) is 4.79 Å². The Bertz CT molecular complexity index is 944. The smallest absolute Gasteiger partial charge is 0.277 e. The van der Waals surface area contributed by atoms with Crippen LogP contribution in [0.25, 0.3) is 0 Å². The van der Waals surface area contributed by atoms with Crippen LogP contribution in [0.3, 0.4) is 0 Å². The molecule has 0 aliphatic heterocycles. The van der Waals surface area contributed by atoms with Crippen LogP contribution in [-0.2, 0) is 10.2 Å². The summed E-state index contributed by atoms with van der Waals surface area (Å²) in [6.07, 6.45) is 7.65. The monoisotopic (exact) mass is 408 g/mol. The Hall–Kier alpha value is -2.33. The Morgan fingerprint density at radius 3 is 2.59 bits per heavy atom. The minimum absolute atomic E-state index is 0.0732. The second-order valence-electron chi connectivity index (χ2n) is 9.01. The van der Waals surface area contributed by atoms with Crippen molar-refractivity contribution in [2.75, 3.05) is 5.32 Å². The molecule has 7 heteroatoms. The van der Waals surface area contributed by atoms with E-state index in [1.165, 1.54) is 50.3 Å². The molecule has 1 amide bonds. The van der Waals surface area contributed by atoms with Crippen molar-refractivity contribution in [3.05, 3.63) is 35.7 Å². The van der Waals surface area contributed by atoms with Gasteiger partial charge in [-0.2, -0.15) is 5.26 Å². The molecule has 4 aliphatic carbocycles. The molecule has 0 radical (unpaired) electrons. The fourth-order valence-corrected chi connectivity index (χ4v) is 6.64. The minimum atomic E-state index is -0.384. The van der Waals surface area contributed by atoms with Crippen LogP contribution in [0, 0.1) is 29.1 Å². The minimum Gasteiger partial charge on any atom is -0.415 e. The van der Waals surface area contributed by atoms with Crippen LogP contribution >= 0.6 is 11.8 Å². The van der Waals surface area contributed by atoms with Gasteiger partial charge in [-0.1, -0.05) is 17.8 Å². The zero-order valence-electron chi connectivity index (χ0n) is 16.4. The van der Waals surface area contributed by atoms with E-state index < -0.39 is 0 Å². The fraction of sp³-hybridized carbons (Fsp3) is 0.545. The molecule has 1 atom stereocenters. The van der Waals surface area contributed by atoms with Gasteiger partial charge >= 0.3 is 0 Å². The third-order valence-corrected chi connectivity index (χ3v) is 7.74. The molecule has 1 N–H and O–H groups in total. The van der Waals surface area contributed by atoms with Crippen LogP contribution in [0.2, 0.25) is 0 Å². The van der Waals surface area contributed by atoms with Gasteiger partial charge in [-0.15, -0.1) is 10.2 Å². The molecule has 0 spiro atoms. The number of aromatic nitrogens is 2. The maximum atomic E-state index is 12.5. The van der Waals surface area contributed by atoms with Gasteiger partial charge in [-0.25, -0.2) is 0 Å². The molecular formula is C22H24N4O2S. The Balaban J connectivity index is 1.25. The van der Waals surface area contributed by atoms with E-state index in [9.17, 15) is 4.79 Å². The molecule has 0 unspecified atom stereocenters. The average Bonchev–Trinajstić information content (AvgIpc) is 3.16. The Labute approximate surface area is 174 Å². The lowest BCUT2D eigenvalue weighted by Crippen LogP contribution is -2.48. The Kier molecular flexibility index (Phi) is 4.62. The highest BCUT2D eigenvalue weighted by atomic mass is 32.2. The van der Waals surface area contributed by atoms with Crippen molar-refractivity contribution in [1.82, 2.24) is 10.2 Å². The summed E-state index contributed by atoms with van der Waals surface area (Å²) in [5.41, 5.74) is 1.20. The third kappa shape index (κ3) is 3.55. The zero-order valence-corrected chi connectivity index (χ0v) is 17.2. The largest absolute Gasteiger partial charge is 0.415 e. The highest BCUT2D eigenvalue weighted by Gasteiger charge is 2.54. The lowest BCUT2D eigenvalue weighted by Gasteiger charge is -2.55. The summed E-state index contributed by atoms with van der Waals surface area (Å²) >= 11 is 1.29. The second kappa shape index (κ2) is 7.17. The number of carbonyl (C=O) groups excluding carboxylic acids is 1. The van der Waals surface area contributed by atoms with Crippen molar-refractivity contribution >= 4 is 23.4 Å². The van der Waals surface area contributed by atoms with Crippen LogP contribution in [0.15, 0.2) is 33.9 Å². The highest BCUT2D eigenvalue weighted by molar-refractivity contribution is 8.00. The molecule has 4 fully saturated rings. The van der Waals surface area contributed by atoms with Gasteiger partial charge in [0.25, 0.3) is 5.22 Å². The number of nitriles is 1. The molecule has 2 aromatic rings. The van der Waals surface area contributed by atoms with E-state index in [4.69, 9.17) is 9.68 Å². The van der Waals surface area contributed by atoms with Gasteiger partial charge in [-0.05, 0) is 81.4 Å². The number of hydrogen-bond donors (Lipinski definition) is 1. The highest BCUT2D eigenvalue weighted by Crippen LogP contribution is 2.60. The molecule has 1 aromatic carbocycles. The molecule has 29 heavy (non-hydrogen) atoms. The number of thioether (sulfide) groups is 1. The SMILES string of the molecule is C[C@@H](Sc1nnc(C23CC4CC(CC(C4)C2)C3)o1)C(=O)Nc1cccc(C#N)c1. The predicted molar refractivity (Wildman–Crippen MR) is 109 cm³/mol. The maximum Gasteiger partial charge on any atom is 0.277 e. The van der Waals surface area contributed by atoms with E-state index in [1.54, 1.807) is 24.3 Å². The standard InChI is InChI=1S/C22H24N4O2S/c1-13(19(27)24-18-4-2-3-14(8-18)12-23)29-21-26-25-20(28-21)22-9-15-5-16(10-22)7-17(6-15)11-22/h2-4,8,13,15-17H,5-7,9-11H2,1H3,(H,24,27)/t13-,15?,16?,17?,22?/m1/s1. The van der Waals surface area contributed by atoms with Crippen LogP contribution < -0.4 is 5.32 Å². The Morgan fingerprint density at radius 1 is 1.24 bits per heavy atom. The normalized spacial score (nSPS) is 30.7. The number of nitrogens with one attached hydrogen (secondary N) is 1. The van der Waals surface area contributed by atoms with E-state index in [-0.39, 0.29) is 16.6 Å². The predicted octanol–water partition coefficient (Wildman–Crippen LogP) is 4.53. The quantitative estimate of drug-likeness (QED) is 0.731. The molecule has 1 aromatic heterocycles. The average molecular weight is 409 g/mol. The van der Waals surface area contributed by atoms with Gasteiger partial charge in [0, 0.05) is 11.1 Å². The lowest BCUT2D eigenvalue weighted by molar-refractivity contribution is -0.115. The Morgan fingerprint density at radius 2 is 1.93 bits per heavy atom. The van der Waals surface area contributed by atoms with Crippen molar-refractivity contribution < 1.29 is 9.21 Å². The number of rotatable bonds is 5. The van der Waals surface area contributed by atoms with Gasteiger partial charge in [0.05, 0.1) is 16.9 Å².